The molecular formula is C12H27NO. The fourth-order valence-electron chi connectivity index (χ4n) is 1.51. The van der Waals surface area contributed by atoms with E-state index in [0.717, 1.165) is 19.8 Å². The molecule has 0 amide bonds. The number of unbranched alkanes of at least 4 members (excludes halogenated alkanes) is 1. The summed E-state index contributed by atoms with van der Waals surface area (Å²) in [6.45, 7) is 12.0. The number of ether oxygens (including phenoxy) is 1. The first kappa shape index (κ1) is 13.9. The molecule has 0 rings (SSSR count). The van der Waals surface area contributed by atoms with E-state index in [4.69, 9.17) is 4.74 Å². The average Bonchev–Trinajstić information content (AvgIpc) is 2.18. The van der Waals surface area contributed by atoms with Gasteiger partial charge in [0.15, 0.2) is 0 Å². The van der Waals surface area contributed by atoms with Crippen LogP contribution in [0, 0.1) is 0 Å². The van der Waals surface area contributed by atoms with Crippen molar-refractivity contribution in [1.82, 2.24) is 4.90 Å². The predicted octanol–water partition coefficient (Wildman–Crippen LogP) is 2.93. The van der Waals surface area contributed by atoms with Gasteiger partial charge in [0, 0.05) is 13.2 Å². The lowest BCUT2D eigenvalue weighted by Crippen LogP contribution is -2.29. The van der Waals surface area contributed by atoms with Crippen LogP contribution in [0.3, 0.4) is 0 Å². The molecular weight excluding hydrogens is 174 g/mol. The molecule has 2 heteroatoms. The lowest BCUT2D eigenvalue weighted by atomic mass is 10.3. The fourth-order valence-corrected chi connectivity index (χ4v) is 1.51. The topological polar surface area (TPSA) is 12.5 Å². The van der Waals surface area contributed by atoms with Gasteiger partial charge in [0.25, 0.3) is 0 Å². The van der Waals surface area contributed by atoms with E-state index in [9.17, 15) is 0 Å². The molecule has 0 aliphatic heterocycles. The lowest BCUT2D eigenvalue weighted by Gasteiger charge is -2.20. The van der Waals surface area contributed by atoms with Crippen molar-refractivity contribution >= 4 is 0 Å². The van der Waals surface area contributed by atoms with Crippen LogP contribution in [0.1, 0.15) is 46.5 Å². The van der Waals surface area contributed by atoms with Crippen molar-refractivity contribution < 1.29 is 4.74 Å². The van der Waals surface area contributed by atoms with Gasteiger partial charge in [0.1, 0.15) is 0 Å². The van der Waals surface area contributed by atoms with Gasteiger partial charge in [-0.25, -0.2) is 0 Å². The molecule has 0 saturated heterocycles. The molecule has 0 aliphatic carbocycles. The van der Waals surface area contributed by atoms with E-state index < -0.39 is 0 Å². The molecule has 0 aliphatic rings. The second-order valence-corrected chi connectivity index (χ2v) is 3.81. The van der Waals surface area contributed by atoms with Gasteiger partial charge in [-0.15, -0.1) is 0 Å². The van der Waals surface area contributed by atoms with Crippen LogP contribution >= 0.6 is 0 Å². The van der Waals surface area contributed by atoms with Crippen LogP contribution in [0.25, 0.3) is 0 Å². The summed E-state index contributed by atoms with van der Waals surface area (Å²) < 4.78 is 5.56. The third kappa shape index (κ3) is 8.52. The molecule has 0 N–H and O–H groups in total. The molecule has 14 heavy (non-hydrogen) atoms. The highest BCUT2D eigenvalue weighted by Crippen LogP contribution is 1.95. The van der Waals surface area contributed by atoms with Crippen molar-refractivity contribution in [3.8, 4) is 0 Å². The average molecular weight is 201 g/mol. The monoisotopic (exact) mass is 201 g/mol. The van der Waals surface area contributed by atoms with Gasteiger partial charge in [-0.05, 0) is 32.4 Å². The van der Waals surface area contributed by atoms with Crippen molar-refractivity contribution in [3.05, 3.63) is 0 Å². The molecule has 0 aromatic rings. The fraction of sp³-hybridized carbons (Fsp3) is 1.00. The maximum absolute atomic E-state index is 5.56. The molecule has 86 valence electrons. The minimum Gasteiger partial charge on any atom is -0.380 e. The molecule has 0 heterocycles. The SMILES string of the molecule is CCCCOCCN(CCC)CCC. The molecule has 0 unspecified atom stereocenters. The molecule has 0 spiro atoms. The molecule has 0 aromatic heterocycles. The summed E-state index contributed by atoms with van der Waals surface area (Å²) in [4.78, 5) is 2.49. The highest BCUT2D eigenvalue weighted by molar-refractivity contribution is 4.54. The van der Waals surface area contributed by atoms with Gasteiger partial charge >= 0.3 is 0 Å². The maximum atomic E-state index is 5.56. The minimum absolute atomic E-state index is 0.903. The molecule has 0 aromatic carbocycles. The summed E-state index contributed by atoms with van der Waals surface area (Å²) in [6.07, 6.45) is 4.92. The van der Waals surface area contributed by atoms with Crippen molar-refractivity contribution in [3.63, 3.8) is 0 Å². The Morgan fingerprint density at radius 1 is 0.786 bits per heavy atom. The Labute approximate surface area is 89.6 Å². The summed E-state index contributed by atoms with van der Waals surface area (Å²) in [7, 11) is 0. The summed E-state index contributed by atoms with van der Waals surface area (Å²) in [6, 6.07) is 0. The van der Waals surface area contributed by atoms with Crippen molar-refractivity contribution in [2.24, 2.45) is 0 Å². The minimum atomic E-state index is 0.903. The molecule has 0 fully saturated rings. The zero-order valence-electron chi connectivity index (χ0n) is 10.2. The van der Waals surface area contributed by atoms with Crippen LogP contribution in [-0.2, 0) is 4.74 Å². The number of hydrogen-bond acceptors (Lipinski definition) is 2. The van der Waals surface area contributed by atoms with Gasteiger partial charge in [0.2, 0.25) is 0 Å². The summed E-state index contributed by atoms with van der Waals surface area (Å²) in [5, 5.41) is 0. The third-order valence-corrected chi connectivity index (χ3v) is 2.27. The Kier molecular flexibility index (Phi) is 10.9. The van der Waals surface area contributed by atoms with Crippen molar-refractivity contribution in [2.45, 2.75) is 46.5 Å². The van der Waals surface area contributed by atoms with E-state index in [1.165, 1.54) is 38.8 Å². The quantitative estimate of drug-likeness (QED) is 0.504. The highest BCUT2D eigenvalue weighted by atomic mass is 16.5. The van der Waals surface area contributed by atoms with E-state index in [-0.39, 0.29) is 0 Å². The smallest absolute Gasteiger partial charge is 0.0593 e. The Morgan fingerprint density at radius 3 is 1.93 bits per heavy atom. The van der Waals surface area contributed by atoms with E-state index in [0.29, 0.717) is 0 Å². The first-order chi connectivity index (χ1) is 6.85. The first-order valence-corrected chi connectivity index (χ1v) is 6.15. The normalized spacial score (nSPS) is 11.1. The van der Waals surface area contributed by atoms with Crippen LogP contribution < -0.4 is 0 Å². The highest BCUT2D eigenvalue weighted by Gasteiger charge is 2.01. The summed E-state index contributed by atoms with van der Waals surface area (Å²) in [5.41, 5.74) is 0. The molecule has 0 atom stereocenters. The van der Waals surface area contributed by atoms with Gasteiger partial charge in [-0.1, -0.05) is 27.2 Å². The Bertz CT molecular complexity index is 100. The van der Waals surface area contributed by atoms with Gasteiger partial charge in [0.05, 0.1) is 6.61 Å². The van der Waals surface area contributed by atoms with Crippen molar-refractivity contribution in [1.29, 1.82) is 0 Å². The summed E-state index contributed by atoms with van der Waals surface area (Å²) in [5.74, 6) is 0. The van der Waals surface area contributed by atoms with Crippen LogP contribution in [0.4, 0.5) is 0 Å². The predicted molar refractivity (Wildman–Crippen MR) is 62.7 cm³/mol. The number of hydrogen-bond donors (Lipinski definition) is 0. The molecule has 0 saturated carbocycles. The molecule has 2 nitrogen and oxygen atoms in total. The first-order valence-electron chi connectivity index (χ1n) is 6.15. The maximum Gasteiger partial charge on any atom is 0.0593 e. The van der Waals surface area contributed by atoms with Crippen LogP contribution in [0.15, 0.2) is 0 Å². The Hall–Kier alpha value is -0.0800. The van der Waals surface area contributed by atoms with Crippen LogP contribution in [0.2, 0.25) is 0 Å². The van der Waals surface area contributed by atoms with E-state index in [1.807, 2.05) is 0 Å². The van der Waals surface area contributed by atoms with E-state index >= 15 is 0 Å². The van der Waals surface area contributed by atoms with E-state index in [2.05, 4.69) is 25.7 Å². The third-order valence-electron chi connectivity index (χ3n) is 2.27. The van der Waals surface area contributed by atoms with Gasteiger partial charge < -0.3 is 9.64 Å². The van der Waals surface area contributed by atoms with Crippen LogP contribution in [-0.4, -0.2) is 37.7 Å². The standard InChI is InChI=1S/C12H27NO/c1-4-7-11-14-12-10-13(8-5-2)9-6-3/h4-12H2,1-3H3. The van der Waals surface area contributed by atoms with Gasteiger partial charge in [-0.2, -0.15) is 0 Å². The number of nitrogens with zero attached hydrogens (tertiary/aromatic N) is 1. The van der Waals surface area contributed by atoms with Crippen LogP contribution in [0.5, 0.6) is 0 Å². The van der Waals surface area contributed by atoms with Gasteiger partial charge in [-0.3, -0.25) is 0 Å². The van der Waals surface area contributed by atoms with Crippen molar-refractivity contribution in [2.75, 3.05) is 32.8 Å². The summed E-state index contributed by atoms with van der Waals surface area (Å²) >= 11 is 0. The largest absolute Gasteiger partial charge is 0.380 e. The zero-order chi connectivity index (χ0) is 10.6. The second kappa shape index (κ2) is 11.0. The number of rotatable bonds is 10. The Balaban J connectivity index is 3.30. The van der Waals surface area contributed by atoms with E-state index in [1.54, 1.807) is 0 Å². The molecule has 0 bridgehead atoms. The zero-order valence-corrected chi connectivity index (χ0v) is 10.2. The Morgan fingerprint density at radius 2 is 1.43 bits per heavy atom. The second-order valence-electron chi connectivity index (χ2n) is 3.81. The lowest BCUT2D eigenvalue weighted by molar-refractivity contribution is 0.101. The molecule has 0 radical (unpaired) electrons.